The Morgan fingerprint density at radius 2 is 2.18 bits per heavy atom. The molecule has 0 amide bonds. The Balaban J connectivity index is 2.37. The summed E-state index contributed by atoms with van der Waals surface area (Å²) < 4.78 is 0. The molecule has 1 fully saturated rings. The van der Waals surface area contributed by atoms with E-state index in [9.17, 15) is 4.79 Å². The van der Waals surface area contributed by atoms with Crippen molar-refractivity contribution in [3.05, 3.63) is 28.8 Å². The van der Waals surface area contributed by atoms with Gasteiger partial charge in [0.15, 0.2) is 6.29 Å². The van der Waals surface area contributed by atoms with Gasteiger partial charge in [-0.05, 0) is 30.9 Å². The van der Waals surface area contributed by atoms with Gasteiger partial charge >= 0.3 is 0 Å². The van der Waals surface area contributed by atoms with Crippen LogP contribution in [0, 0.1) is 5.92 Å². The molecule has 0 heterocycles. The van der Waals surface area contributed by atoms with Gasteiger partial charge in [-0.3, -0.25) is 4.79 Å². The molecule has 2 nitrogen and oxygen atoms in total. The minimum atomic E-state index is 0.561. The zero-order chi connectivity index (χ0) is 12.4. The minimum Gasteiger partial charge on any atom is -0.367 e. The van der Waals surface area contributed by atoms with E-state index < -0.39 is 0 Å². The van der Waals surface area contributed by atoms with Gasteiger partial charge in [0.2, 0.25) is 0 Å². The molecule has 1 aromatic carbocycles. The van der Waals surface area contributed by atoms with E-state index in [0.717, 1.165) is 18.5 Å². The van der Waals surface area contributed by atoms with Gasteiger partial charge in [-0.25, -0.2) is 0 Å². The summed E-state index contributed by atoms with van der Waals surface area (Å²) in [5.74, 6) is 0.561. The molecule has 0 bridgehead atoms. The SMILES string of the molecule is CC(C)CN(c1c(Cl)cccc1C=O)C1CC1. The summed E-state index contributed by atoms with van der Waals surface area (Å²) in [6, 6.07) is 6.09. The fourth-order valence-electron chi connectivity index (χ4n) is 2.13. The second kappa shape index (κ2) is 5.09. The lowest BCUT2D eigenvalue weighted by Crippen LogP contribution is -2.31. The summed E-state index contributed by atoms with van der Waals surface area (Å²) in [6.45, 7) is 5.33. The number of anilines is 1. The molecule has 1 aliphatic carbocycles. The van der Waals surface area contributed by atoms with Gasteiger partial charge in [-0.1, -0.05) is 31.5 Å². The molecular formula is C14H18ClNO. The van der Waals surface area contributed by atoms with Crippen LogP contribution in [-0.2, 0) is 0 Å². The molecule has 17 heavy (non-hydrogen) atoms. The monoisotopic (exact) mass is 251 g/mol. The maximum absolute atomic E-state index is 11.1. The molecule has 0 aromatic heterocycles. The van der Waals surface area contributed by atoms with E-state index in [1.807, 2.05) is 18.2 Å². The first-order chi connectivity index (χ1) is 8.13. The lowest BCUT2D eigenvalue weighted by Gasteiger charge is -2.28. The van der Waals surface area contributed by atoms with E-state index in [1.54, 1.807) is 0 Å². The molecule has 0 aliphatic heterocycles. The summed E-state index contributed by atoms with van der Waals surface area (Å²) in [5.41, 5.74) is 1.62. The van der Waals surface area contributed by atoms with Crippen molar-refractivity contribution in [3.63, 3.8) is 0 Å². The summed E-state index contributed by atoms with van der Waals surface area (Å²) in [5, 5.41) is 0.683. The van der Waals surface area contributed by atoms with Crippen LogP contribution >= 0.6 is 11.6 Å². The number of nitrogens with zero attached hydrogens (tertiary/aromatic N) is 1. The van der Waals surface area contributed by atoms with E-state index in [2.05, 4.69) is 18.7 Å². The van der Waals surface area contributed by atoms with Crippen LogP contribution in [0.5, 0.6) is 0 Å². The van der Waals surface area contributed by atoms with Gasteiger partial charge in [0.1, 0.15) is 0 Å². The Kier molecular flexibility index (Phi) is 3.72. The largest absolute Gasteiger partial charge is 0.367 e. The van der Waals surface area contributed by atoms with Crippen molar-refractivity contribution in [1.82, 2.24) is 0 Å². The third kappa shape index (κ3) is 2.81. The Bertz CT molecular complexity index is 413. The van der Waals surface area contributed by atoms with Crippen molar-refractivity contribution in [2.45, 2.75) is 32.7 Å². The number of halogens is 1. The van der Waals surface area contributed by atoms with Crippen LogP contribution in [0.3, 0.4) is 0 Å². The van der Waals surface area contributed by atoms with Crippen molar-refractivity contribution in [3.8, 4) is 0 Å². The second-order valence-electron chi connectivity index (χ2n) is 5.07. The quantitative estimate of drug-likeness (QED) is 0.743. The summed E-state index contributed by atoms with van der Waals surface area (Å²) in [6.07, 6.45) is 3.31. The predicted octanol–water partition coefficient (Wildman–Crippen LogP) is 3.78. The number of rotatable bonds is 5. The van der Waals surface area contributed by atoms with Crippen molar-refractivity contribution < 1.29 is 4.79 Å². The molecule has 0 unspecified atom stereocenters. The number of hydrogen-bond donors (Lipinski definition) is 0. The van der Waals surface area contributed by atoms with Crippen molar-refractivity contribution in [2.75, 3.05) is 11.4 Å². The molecular weight excluding hydrogens is 234 g/mol. The van der Waals surface area contributed by atoms with E-state index >= 15 is 0 Å². The van der Waals surface area contributed by atoms with Crippen molar-refractivity contribution in [2.24, 2.45) is 5.92 Å². The summed E-state index contributed by atoms with van der Waals surface area (Å²) in [4.78, 5) is 13.4. The fourth-order valence-corrected chi connectivity index (χ4v) is 2.42. The summed E-state index contributed by atoms with van der Waals surface area (Å²) in [7, 11) is 0. The maximum atomic E-state index is 11.1. The average Bonchev–Trinajstić information content (AvgIpc) is 3.09. The smallest absolute Gasteiger partial charge is 0.152 e. The van der Waals surface area contributed by atoms with Gasteiger partial charge in [-0.15, -0.1) is 0 Å². The van der Waals surface area contributed by atoms with Crippen LogP contribution in [0.1, 0.15) is 37.0 Å². The third-order valence-electron chi connectivity index (χ3n) is 2.98. The molecule has 0 N–H and O–H groups in total. The maximum Gasteiger partial charge on any atom is 0.152 e. The van der Waals surface area contributed by atoms with Crippen LogP contribution in [-0.4, -0.2) is 18.9 Å². The molecule has 1 aliphatic rings. The Labute approximate surface area is 108 Å². The lowest BCUT2D eigenvalue weighted by molar-refractivity contribution is 0.112. The molecule has 92 valence electrons. The molecule has 1 saturated carbocycles. The molecule has 0 radical (unpaired) electrons. The number of carbonyl (C=O) groups excluding carboxylic acids is 1. The van der Waals surface area contributed by atoms with E-state index in [-0.39, 0.29) is 0 Å². The third-order valence-corrected chi connectivity index (χ3v) is 3.29. The Morgan fingerprint density at radius 1 is 1.47 bits per heavy atom. The number of benzene rings is 1. The van der Waals surface area contributed by atoms with Gasteiger partial charge < -0.3 is 4.90 Å². The van der Waals surface area contributed by atoms with E-state index in [0.29, 0.717) is 22.5 Å². The highest BCUT2D eigenvalue weighted by atomic mass is 35.5. The lowest BCUT2D eigenvalue weighted by atomic mass is 10.1. The Morgan fingerprint density at radius 3 is 2.71 bits per heavy atom. The van der Waals surface area contributed by atoms with Crippen LogP contribution in [0.4, 0.5) is 5.69 Å². The highest BCUT2D eigenvalue weighted by molar-refractivity contribution is 6.34. The first-order valence-corrected chi connectivity index (χ1v) is 6.51. The van der Waals surface area contributed by atoms with Gasteiger partial charge in [-0.2, -0.15) is 0 Å². The zero-order valence-corrected chi connectivity index (χ0v) is 11.1. The number of aldehydes is 1. The molecule has 0 spiro atoms. The minimum absolute atomic E-state index is 0.561. The van der Waals surface area contributed by atoms with Crippen LogP contribution in [0.25, 0.3) is 0 Å². The molecule has 0 atom stereocenters. The zero-order valence-electron chi connectivity index (χ0n) is 10.3. The van der Waals surface area contributed by atoms with E-state index in [4.69, 9.17) is 11.6 Å². The normalized spacial score (nSPS) is 15.1. The molecule has 3 heteroatoms. The first kappa shape index (κ1) is 12.4. The van der Waals surface area contributed by atoms with Gasteiger partial charge in [0, 0.05) is 18.2 Å². The standard InChI is InChI=1S/C14H18ClNO/c1-10(2)8-16(12-6-7-12)14-11(9-17)4-3-5-13(14)15/h3-5,9-10,12H,6-8H2,1-2H3. The second-order valence-corrected chi connectivity index (χ2v) is 5.48. The number of carbonyl (C=O) groups is 1. The predicted molar refractivity (Wildman–Crippen MR) is 72.0 cm³/mol. The highest BCUT2D eigenvalue weighted by Crippen LogP contribution is 2.37. The topological polar surface area (TPSA) is 20.3 Å². The summed E-state index contributed by atoms with van der Waals surface area (Å²) >= 11 is 6.26. The fraction of sp³-hybridized carbons (Fsp3) is 0.500. The average molecular weight is 252 g/mol. The van der Waals surface area contributed by atoms with Gasteiger partial charge in [0.25, 0.3) is 0 Å². The number of para-hydroxylation sites is 1. The van der Waals surface area contributed by atoms with E-state index in [1.165, 1.54) is 12.8 Å². The molecule has 0 saturated heterocycles. The number of hydrogen-bond acceptors (Lipinski definition) is 2. The molecule has 2 rings (SSSR count). The van der Waals surface area contributed by atoms with Crippen LogP contribution in [0.2, 0.25) is 5.02 Å². The van der Waals surface area contributed by atoms with Crippen LogP contribution < -0.4 is 4.90 Å². The first-order valence-electron chi connectivity index (χ1n) is 6.13. The van der Waals surface area contributed by atoms with Crippen molar-refractivity contribution >= 4 is 23.6 Å². The Hall–Kier alpha value is -1.02. The molecule has 1 aromatic rings. The van der Waals surface area contributed by atoms with Crippen molar-refractivity contribution in [1.29, 1.82) is 0 Å². The van der Waals surface area contributed by atoms with Crippen LogP contribution in [0.15, 0.2) is 18.2 Å². The van der Waals surface area contributed by atoms with Gasteiger partial charge in [0.05, 0.1) is 10.7 Å². The highest BCUT2D eigenvalue weighted by Gasteiger charge is 2.31.